The molecule has 2 N–H and O–H groups in total. The van der Waals surface area contributed by atoms with Crippen LogP contribution in [0.1, 0.15) is 23.2 Å². The van der Waals surface area contributed by atoms with Crippen LogP contribution in [0.15, 0.2) is 23.1 Å². The molecule has 0 aliphatic heterocycles. The summed E-state index contributed by atoms with van der Waals surface area (Å²) in [4.78, 5) is 23.0. The first kappa shape index (κ1) is 14.8. The van der Waals surface area contributed by atoms with Gasteiger partial charge in [0.25, 0.3) is 11.6 Å². The quantitative estimate of drug-likeness (QED) is 0.474. The van der Waals surface area contributed by atoms with Crippen LogP contribution in [0.25, 0.3) is 0 Å². The monoisotopic (exact) mass is 296 g/mol. The van der Waals surface area contributed by atoms with E-state index in [0.29, 0.717) is 11.4 Å². The van der Waals surface area contributed by atoms with Gasteiger partial charge in [-0.3, -0.25) is 14.9 Å². The first-order chi connectivity index (χ1) is 9.51. The average Bonchev–Trinajstić information content (AvgIpc) is 3.24. The van der Waals surface area contributed by atoms with Gasteiger partial charge in [0.15, 0.2) is 0 Å². The number of hydrogen-bond donors (Lipinski definition) is 2. The van der Waals surface area contributed by atoms with Gasteiger partial charge in [0.05, 0.1) is 16.4 Å². The van der Waals surface area contributed by atoms with E-state index in [-0.39, 0.29) is 29.2 Å². The number of amides is 1. The topological polar surface area (TPSA) is 92.5 Å². The number of nitrogens with one attached hydrogen (secondary N) is 1. The van der Waals surface area contributed by atoms with Crippen LogP contribution in [-0.2, 0) is 0 Å². The predicted octanol–water partition coefficient (Wildman–Crippen LogP) is 1.82. The van der Waals surface area contributed by atoms with E-state index < -0.39 is 4.92 Å². The molecule has 1 aromatic rings. The molecule has 20 heavy (non-hydrogen) atoms. The first-order valence-corrected chi connectivity index (χ1v) is 7.45. The third-order valence-corrected chi connectivity index (χ3v) is 4.34. The summed E-state index contributed by atoms with van der Waals surface area (Å²) in [6.45, 7) is 0.458. The van der Waals surface area contributed by atoms with E-state index in [1.165, 1.54) is 17.8 Å². The molecule has 1 aromatic carbocycles. The van der Waals surface area contributed by atoms with Gasteiger partial charge in [0, 0.05) is 23.6 Å². The number of carbonyl (C=O) groups is 1. The SMILES string of the molecule is CSc1ccc(C(=O)NCC2(CO)CC2)cc1[N+](=O)[O-]. The Labute approximate surface area is 120 Å². The maximum atomic E-state index is 12.0. The van der Waals surface area contributed by atoms with Crippen molar-refractivity contribution in [1.82, 2.24) is 5.32 Å². The van der Waals surface area contributed by atoms with Crippen LogP contribution >= 0.6 is 11.8 Å². The van der Waals surface area contributed by atoms with Crippen LogP contribution < -0.4 is 5.32 Å². The fraction of sp³-hybridized carbons (Fsp3) is 0.462. The second-order valence-electron chi connectivity index (χ2n) is 4.98. The molecular formula is C13H16N2O4S. The van der Waals surface area contributed by atoms with Crippen molar-refractivity contribution in [3.63, 3.8) is 0 Å². The van der Waals surface area contributed by atoms with Crippen molar-refractivity contribution in [3.8, 4) is 0 Å². The molecular weight excluding hydrogens is 280 g/mol. The first-order valence-electron chi connectivity index (χ1n) is 6.23. The molecule has 1 amide bonds. The van der Waals surface area contributed by atoms with Gasteiger partial charge < -0.3 is 10.4 Å². The minimum Gasteiger partial charge on any atom is -0.396 e. The molecule has 0 atom stereocenters. The molecule has 0 aromatic heterocycles. The number of carbonyl (C=O) groups excluding carboxylic acids is 1. The van der Waals surface area contributed by atoms with Crippen molar-refractivity contribution in [2.75, 3.05) is 19.4 Å². The van der Waals surface area contributed by atoms with Gasteiger partial charge in [-0.2, -0.15) is 0 Å². The van der Waals surface area contributed by atoms with Crippen LogP contribution in [0.4, 0.5) is 5.69 Å². The van der Waals surface area contributed by atoms with Crippen LogP contribution in [0.2, 0.25) is 0 Å². The highest BCUT2D eigenvalue weighted by Gasteiger charge is 2.42. The molecule has 1 saturated carbocycles. The summed E-state index contributed by atoms with van der Waals surface area (Å²) in [5.74, 6) is -0.347. The van der Waals surface area contributed by atoms with Crippen molar-refractivity contribution >= 4 is 23.4 Å². The van der Waals surface area contributed by atoms with E-state index in [1.54, 1.807) is 18.4 Å². The van der Waals surface area contributed by atoms with E-state index in [9.17, 15) is 20.0 Å². The van der Waals surface area contributed by atoms with Gasteiger partial charge in [-0.1, -0.05) is 0 Å². The summed E-state index contributed by atoms with van der Waals surface area (Å²) in [6.07, 6.45) is 3.55. The minimum absolute atomic E-state index is 0.0544. The van der Waals surface area contributed by atoms with Crippen LogP contribution in [0, 0.1) is 15.5 Å². The lowest BCUT2D eigenvalue weighted by Crippen LogP contribution is -2.31. The summed E-state index contributed by atoms with van der Waals surface area (Å²) in [5, 5.41) is 22.9. The molecule has 6 nitrogen and oxygen atoms in total. The second-order valence-corrected chi connectivity index (χ2v) is 5.83. The van der Waals surface area contributed by atoms with E-state index in [2.05, 4.69) is 5.32 Å². The Morgan fingerprint density at radius 1 is 1.55 bits per heavy atom. The van der Waals surface area contributed by atoms with E-state index in [0.717, 1.165) is 12.8 Å². The van der Waals surface area contributed by atoms with E-state index >= 15 is 0 Å². The Hall–Kier alpha value is -1.60. The number of hydrogen-bond acceptors (Lipinski definition) is 5. The van der Waals surface area contributed by atoms with Crippen molar-refractivity contribution in [2.24, 2.45) is 5.41 Å². The zero-order chi connectivity index (χ0) is 14.8. The van der Waals surface area contributed by atoms with Gasteiger partial charge in [-0.25, -0.2) is 0 Å². The molecule has 2 rings (SSSR count). The summed E-state index contributed by atoms with van der Waals surface area (Å²) >= 11 is 1.27. The Balaban J connectivity index is 2.10. The molecule has 1 aliphatic rings. The highest BCUT2D eigenvalue weighted by molar-refractivity contribution is 7.98. The lowest BCUT2D eigenvalue weighted by molar-refractivity contribution is -0.387. The molecule has 7 heteroatoms. The van der Waals surface area contributed by atoms with Gasteiger partial charge >= 0.3 is 0 Å². The third-order valence-electron chi connectivity index (χ3n) is 3.55. The molecule has 0 bridgehead atoms. The zero-order valence-corrected chi connectivity index (χ0v) is 11.9. The number of nitro groups is 1. The molecule has 1 aliphatic carbocycles. The number of rotatable bonds is 6. The van der Waals surface area contributed by atoms with Crippen molar-refractivity contribution in [1.29, 1.82) is 0 Å². The van der Waals surface area contributed by atoms with E-state index in [4.69, 9.17) is 0 Å². The highest BCUT2D eigenvalue weighted by atomic mass is 32.2. The number of nitrogens with zero attached hydrogens (tertiary/aromatic N) is 1. The normalized spacial score (nSPS) is 15.7. The molecule has 0 saturated heterocycles. The third kappa shape index (κ3) is 3.10. The van der Waals surface area contributed by atoms with Gasteiger partial charge in [-0.05, 0) is 31.2 Å². The van der Waals surface area contributed by atoms with Gasteiger partial charge in [-0.15, -0.1) is 11.8 Å². The summed E-state index contributed by atoms with van der Waals surface area (Å²) < 4.78 is 0. The molecule has 108 valence electrons. The van der Waals surface area contributed by atoms with Crippen molar-refractivity contribution in [3.05, 3.63) is 33.9 Å². The average molecular weight is 296 g/mol. The van der Waals surface area contributed by atoms with Crippen LogP contribution in [0.3, 0.4) is 0 Å². The Bertz CT molecular complexity index is 543. The molecule has 0 heterocycles. The Kier molecular flexibility index (Phi) is 4.29. The number of thioether (sulfide) groups is 1. The minimum atomic E-state index is -0.487. The lowest BCUT2D eigenvalue weighted by Gasteiger charge is -2.12. The second kappa shape index (κ2) is 5.80. The van der Waals surface area contributed by atoms with Crippen molar-refractivity contribution < 1.29 is 14.8 Å². The lowest BCUT2D eigenvalue weighted by atomic mass is 10.1. The molecule has 0 unspecified atom stereocenters. The maximum Gasteiger partial charge on any atom is 0.283 e. The smallest absolute Gasteiger partial charge is 0.283 e. The Morgan fingerprint density at radius 2 is 2.25 bits per heavy atom. The summed E-state index contributed by atoms with van der Waals surface area (Å²) in [7, 11) is 0. The molecule has 0 spiro atoms. The number of nitro benzene ring substituents is 1. The van der Waals surface area contributed by atoms with E-state index in [1.807, 2.05) is 0 Å². The number of benzene rings is 1. The Morgan fingerprint density at radius 3 is 2.75 bits per heavy atom. The predicted molar refractivity (Wildman–Crippen MR) is 76.0 cm³/mol. The fourth-order valence-corrected chi connectivity index (χ4v) is 2.46. The molecule has 1 fully saturated rings. The number of aliphatic hydroxyl groups is 1. The molecule has 0 radical (unpaired) electrons. The fourth-order valence-electron chi connectivity index (χ4n) is 1.91. The largest absolute Gasteiger partial charge is 0.396 e. The maximum absolute atomic E-state index is 12.0. The summed E-state index contributed by atoms with van der Waals surface area (Å²) in [5.41, 5.74) is 0.0255. The van der Waals surface area contributed by atoms with Crippen molar-refractivity contribution in [2.45, 2.75) is 17.7 Å². The highest BCUT2D eigenvalue weighted by Crippen LogP contribution is 2.44. The van der Waals surface area contributed by atoms with Gasteiger partial charge in [0.1, 0.15) is 0 Å². The zero-order valence-electron chi connectivity index (χ0n) is 11.1. The number of aliphatic hydroxyl groups excluding tert-OH is 1. The standard InChI is InChI=1S/C13H16N2O4S/c1-20-11-3-2-9(6-10(11)15(18)19)12(17)14-7-13(8-16)4-5-13/h2-3,6,16H,4-5,7-8H2,1H3,(H,14,17). The van der Waals surface area contributed by atoms with Crippen LogP contribution in [0.5, 0.6) is 0 Å². The van der Waals surface area contributed by atoms with Gasteiger partial charge in [0.2, 0.25) is 0 Å². The van der Waals surface area contributed by atoms with Crippen LogP contribution in [-0.4, -0.2) is 35.3 Å². The summed E-state index contributed by atoms with van der Waals surface area (Å²) in [6, 6.07) is 4.45.